The molecule has 2 rings (SSSR count). The molecule has 3 atom stereocenters. The van der Waals surface area contributed by atoms with Gasteiger partial charge in [0.05, 0.1) is 6.04 Å². The van der Waals surface area contributed by atoms with E-state index >= 15 is 0 Å². The van der Waals surface area contributed by atoms with Crippen LogP contribution < -0.4 is 11.1 Å². The highest BCUT2D eigenvalue weighted by atomic mass is 32.1. The molecule has 0 bridgehead atoms. The Morgan fingerprint density at radius 3 is 3.00 bits per heavy atom. The largest absolute Gasteiger partial charge is 0.327 e. The molecular formula is C12H21N3S. The first-order chi connectivity index (χ1) is 7.66. The SMILES string of the molecule is Cc1csc(C(C)NCC2CCCC2N)n1. The maximum Gasteiger partial charge on any atom is 0.110 e. The van der Waals surface area contributed by atoms with E-state index in [0.29, 0.717) is 18.0 Å². The normalized spacial score (nSPS) is 27.2. The lowest BCUT2D eigenvalue weighted by molar-refractivity contribution is 0.416. The smallest absolute Gasteiger partial charge is 0.110 e. The van der Waals surface area contributed by atoms with Crippen LogP contribution in [0.25, 0.3) is 0 Å². The lowest BCUT2D eigenvalue weighted by atomic mass is 10.0. The number of hydrogen-bond acceptors (Lipinski definition) is 4. The number of aryl methyl sites for hydroxylation is 1. The van der Waals surface area contributed by atoms with Gasteiger partial charge in [-0.05, 0) is 32.6 Å². The van der Waals surface area contributed by atoms with Gasteiger partial charge in [0.1, 0.15) is 5.01 Å². The summed E-state index contributed by atoms with van der Waals surface area (Å²) in [6.45, 7) is 5.25. The number of nitrogens with one attached hydrogen (secondary N) is 1. The van der Waals surface area contributed by atoms with Crippen molar-refractivity contribution in [3.63, 3.8) is 0 Å². The average molecular weight is 239 g/mol. The fraction of sp³-hybridized carbons (Fsp3) is 0.750. The van der Waals surface area contributed by atoms with Crippen LogP contribution in [-0.4, -0.2) is 17.6 Å². The second kappa shape index (κ2) is 5.25. The number of nitrogens with two attached hydrogens (primary N) is 1. The van der Waals surface area contributed by atoms with E-state index in [4.69, 9.17) is 5.73 Å². The van der Waals surface area contributed by atoms with Gasteiger partial charge >= 0.3 is 0 Å². The molecule has 0 spiro atoms. The summed E-state index contributed by atoms with van der Waals surface area (Å²) in [5.41, 5.74) is 7.17. The summed E-state index contributed by atoms with van der Waals surface area (Å²) in [7, 11) is 0. The Labute approximate surface area is 101 Å². The van der Waals surface area contributed by atoms with Crippen LogP contribution >= 0.6 is 11.3 Å². The molecule has 1 aliphatic carbocycles. The number of rotatable bonds is 4. The third-order valence-electron chi connectivity index (χ3n) is 3.41. The van der Waals surface area contributed by atoms with Gasteiger partial charge in [-0.2, -0.15) is 0 Å². The summed E-state index contributed by atoms with van der Waals surface area (Å²) < 4.78 is 0. The zero-order valence-electron chi connectivity index (χ0n) is 10.1. The van der Waals surface area contributed by atoms with Crippen molar-refractivity contribution < 1.29 is 0 Å². The Bertz CT molecular complexity index is 337. The van der Waals surface area contributed by atoms with Crippen molar-refractivity contribution in [2.24, 2.45) is 11.7 Å². The lowest BCUT2D eigenvalue weighted by Gasteiger charge is -2.18. The van der Waals surface area contributed by atoms with Gasteiger partial charge in [-0.3, -0.25) is 0 Å². The van der Waals surface area contributed by atoms with E-state index in [9.17, 15) is 0 Å². The molecule has 0 saturated heterocycles. The van der Waals surface area contributed by atoms with Gasteiger partial charge in [-0.15, -0.1) is 11.3 Å². The predicted molar refractivity (Wildman–Crippen MR) is 68.6 cm³/mol. The van der Waals surface area contributed by atoms with Crippen LogP contribution in [0.4, 0.5) is 0 Å². The molecule has 4 heteroatoms. The molecule has 0 amide bonds. The summed E-state index contributed by atoms with van der Waals surface area (Å²) in [6, 6.07) is 0.754. The van der Waals surface area contributed by atoms with Crippen molar-refractivity contribution in [1.29, 1.82) is 0 Å². The summed E-state index contributed by atoms with van der Waals surface area (Å²) in [4.78, 5) is 4.50. The quantitative estimate of drug-likeness (QED) is 0.847. The van der Waals surface area contributed by atoms with E-state index < -0.39 is 0 Å². The Morgan fingerprint density at radius 1 is 1.62 bits per heavy atom. The zero-order chi connectivity index (χ0) is 11.5. The van der Waals surface area contributed by atoms with Gasteiger partial charge in [0.15, 0.2) is 0 Å². The van der Waals surface area contributed by atoms with Gasteiger partial charge in [0.2, 0.25) is 0 Å². The fourth-order valence-electron chi connectivity index (χ4n) is 2.31. The second-order valence-electron chi connectivity index (χ2n) is 4.81. The highest BCUT2D eigenvalue weighted by molar-refractivity contribution is 7.09. The predicted octanol–water partition coefficient (Wildman–Crippen LogP) is 2.23. The summed E-state index contributed by atoms with van der Waals surface area (Å²) in [6.07, 6.45) is 3.76. The fourth-order valence-corrected chi connectivity index (χ4v) is 3.13. The molecule has 90 valence electrons. The van der Waals surface area contributed by atoms with Crippen LogP contribution in [0.3, 0.4) is 0 Å². The molecule has 3 unspecified atom stereocenters. The zero-order valence-corrected chi connectivity index (χ0v) is 10.9. The molecule has 1 aromatic heterocycles. The highest BCUT2D eigenvalue weighted by Gasteiger charge is 2.24. The third kappa shape index (κ3) is 2.81. The van der Waals surface area contributed by atoms with Crippen molar-refractivity contribution in [3.05, 3.63) is 16.1 Å². The molecule has 3 N–H and O–H groups in total. The van der Waals surface area contributed by atoms with E-state index in [1.807, 2.05) is 6.92 Å². The molecule has 1 fully saturated rings. The molecule has 0 aromatic carbocycles. The van der Waals surface area contributed by atoms with Crippen LogP contribution in [0.15, 0.2) is 5.38 Å². The topological polar surface area (TPSA) is 50.9 Å². The van der Waals surface area contributed by atoms with Gasteiger partial charge in [0, 0.05) is 23.7 Å². The molecule has 16 heavy (non-hydrogen) atoms. The highest BCUT2D eigenvalue weighted by Crippen LogP contribution is 2.24. The second-order valence-corrected chi connectivity index (χ2v) is 5.70. The first kappa shape index (κ1) is 12.0. The Kier molecular flexibility index (Phi) is 3.95. The van der Waals surface area contributed by atoms with Crippen LogP contribution in [0.2, 0.25) is 0 Å². The van der Waals surface area contributed by atoms with E-state index in [2.05, 4.69) is 22.6 Å². The molecule has 0 aliphatic heterocycles. The van der Waals surface area contributed by atoms with E-state index in [0.717, 1.165) is 12.2 Å². The standard InChI is InChI=1S/C12H21N3S/c1-8-7-16-12(15-8)9(2)14-6-10-4-3-5-11(10)13/h7,9-11,14H,3-6,13H2,1-2H3. The number of thiazole rings is 1. The minimum absolute atomic E-state index is 0.353. The number of nitrogens with zero attached hydrogens (tertiary/aromatic N) is 1. The molecule has 3 nitrogen and oxygen atoms in total. The van der Waals surface area contributed by atoms with E-state index in [1.54, 1.807) is 11.3 Å². The number of aromatic nitrogens is 1. The van der Waals surface area contributed by atoms with Crippen LogP contribution in [0.5, 0.6) is 0 Å². The van der Waals surface area contributed by atoms with Crippen LogP contribution in [0, 0.1) is 12.8 Å². The minimum Gasteiger partial charge on any atom is -0.327 e. The van der Waals surface area contributed by atoms with Gasteiger partial charge in [0.25, 0.3) is 0 Å². The van der Waals surface area contributed by atoms with Gasteiger partial charge < -0.3 is 11.1 Å². The molecule has 1 aromatic rings. The minimum atomic E-state index is 0.353. The van der Waals surface area contributed by atoms with Crippen molar-refractivity contribution in [2.75, 3.05) is 6.54 Å². The maximum absolute atomic E-state index is 6.05. The average Bonchev–Trinajstić information content (AvgIpc) is 2.84. The molecule has 1 saturated carbocycles. The Hall–Kier alpha value is -0.450. The first-order valence-electron chi connectivity index (χ1n) is 6.08. The van der Waals surface area contributed by atoms with E-state index in [-0.39, 0.29) is 0 Å². The molecule has 1 heterocycles. The third-order valence-corrected chi connectivity index (χ3v) is 4.56. The van der Waals surface area contributed by atoms with Gasteiger partial charge in [-0.25, -0.2) is 4.98 Å². The number of hydrogen-bond donors (Lipinski definition) is 2. The summed E-state index contributed by atoms with van der Waals surface area (Å²) >= 11 is 1.74. The monoisotopic (exact) mass is 239 g/mol. The van der Waals surface area contributed by atoms with Gasteiger partial charge in [-0.1, -0.05) is 6.42 Å². The first-order valence-corrected chi connectivity index (χ1v) is 6.96. The van der Waals surface area contributed by atoms with Crippen molar-refractivity contribution in [3.8, 4) is 0 Å². The molecular weight excluding hydrogens is 218 g/mol. The Morgan fingerprint density at radius 2 is 2.44 bits per heavy atom. The summed E-state index contributed by atoms with van der Waals surface area (Å²) in [5.74, 6) is 0.656. The molecule has 0 radical (unpaired) electrons. The van der Waals surface area contributed by atoms with Crippen LogP contribution in [-0.2, 0) is 0 Å². The van der Waals surface area contributed by atoms with Crippen molar-refractivity contribution in [1.82, 2.24) is 10.3 Å². The van der Waals surface area contributed by atoms with E-state index in [1.165, 1.54) is 24.3 Å². The maximum atomic E-state index is 6.05. The lowest BCUT2D eigenvalue weighted by Crippen LogP contribution is -2.34. The Balaban J connectivity index is 1.81. The van der Waals surface area contributed by atoms with Crippen molar-refractivity contribution >= 4 is 11.3 Å². The summed E-state index contributed by atoms with van der Waals surface area (Å²) in [5, 5.41) is 6.84. The van der Waals surface area contributed by atoms with Crippen LogP contribution in [0.1, 0.15) is 42.9 Å². The van der Waals surface area contributed by atoms with Crippen molar-refractivity contribution in [2.45, 2.75) is 45.2 Å². The molecule has 1 aliphatic rings.